The monoisotopic (exact) mass is 202 g/mol. The Kier molecular flexibility index (Phi) is 6.42. The molecule has 0 saturated heterocycles. The maximum Gasteiger partial charge on any atom is 2.00 e. The quantitative estimate of drug-likeness (QED) is 0.647. The van der Waals surface area contributed by atoms with Crippen LogP contribution in [0.25, 0.3) is 0 Å². The van der Waals surface area contributed by atoms with Crippen LogP contribution in [0.2, 0.25) is 0 Å². The molecule has 0 aromatic heterocycles. The molecule has 0 N–H and O–H groups in total. The Balaban J connectivity index is 0.000000245. The molecule has 0 saturated carbocycles. The highest BCUT2D eigenvalue weighted by molar-refractivity contribution is 5.17. The molecule has 2 aromatic carbocycles. The van der Waals surface area contributed by atoms with Crippen molar-refractivity contribution in [3.05, 3.63) is 60.7 Å². The topological polar surface area (TPSA) is 74.6 Å². The van der Waals surface area contributed by atoms with Crippen molar-refractivity contribution in [1.29, 1.82) is 0 Å². The number of hydrogen-bond acceptors (Lipinski definition) is 2. The van der Waals surface area contributed by atoms with Crippen LogP contribution >= 0.6 is 0 Å². The summed E-state index contributed by atoms with van der Waals surface area (Å²) in [7, 11) is 0. The average Bonchev–Trinajstić information content (AvgIpc) is 2.21. The lowest BCUT2D eigenvalue weighted by Gasteiger charge is -1.98. The highest BCUT2D eigenvalue weighted by atomic mass is 16.3. The Bertz CT molecular complexity index is 308. The van der Waals surface area contributed by atoms with E-state index in [1.807, 2.05) is 12.1 Å². The number of para-hydroxylation sites is 2. The van der Waals surface area contributed by atoms with Crippen LogP contribution in [0.15, 0.2) is 60.7 Å². The summed E-state index contributed by atoms with van der Waals surface area (Å²) in [5, 5.41) is 20.5. The van der Waals surface area contributed by atoms with Gasteiger partial charge < -0.3 is 10.2 Å². The maximum absolute atomic E-state index is 10.3. The van der Waals surface area contributed by atoms with E-state index in [4.69, 9.17) is 0 Å². The van der Waals surface area contributed by atoms with E-state index < -0.39 is 0 Å². The Morgan fingerprint density at radius 1 is 0.533 bits per heavy atom. The second kappa shape index (κ2) is 7.41. The van der Waals surface area contributed by atoms with Gasteiger partial charge in [-0.3, -0.25) is 0 Å². The van der Waals surface area contributed by atoms with Crippen molar-refractivity contribution < 1.29 is 15.7 Å². The van der Waals surface area contributed by atoms with Crippen molar-refractivity contribution >= 4 is 0 Å². The van der Waals surface area contributed by atoms with Crippen molar-refractivity contribution in [1.82, 2.24) is 0 Å². The summed E-state index contributed by atoms with van der Waals surface area (Å²) < 4.78 is 0. The predicted octanol–water partition coefficient (Wildman–Crippen LogP) is 1.40. The molecular weight excluding hydrogens is 192 g/mol. The van der Waals surface area contributed by atoms with E-state index in [-0.39, 0.29) is 17.0 Å². The molecule has 3 nitrogen and oxygen atoms in total. The predicted molar refractivity (Wildman–Crippen MR) is 52.5 cm³/mol. The lowest BCUT2D eigenvalue weighted by molar-refractivity contribution is -0.269. The van der Waals surface area contributed by atoms with Crippen molar-refractivity contribution in [2.24, 2.45) is 0 Å². The molecule has 0 atom stereocenters. The number of hydrogen-bond donors (Lipinski definition) is 0. The second-order valence-corrected chi connectivity index (χ2v) is 2.63. The molecule has 0 unspecified atom stereocenters. The van der Waals surface area contributed by atoms with Gasteiger partial charge in [-0.05, 0) is 0 Å². The minimum Gasteiger partial charge on any atom is -0.872 e. The summed E-state index contributed by atoms with van der Waals surface area (Å²) in [6.45, 7) is 0. The summed E-state index contributed by atoms with van der Waals surface area (Å²) in [6, 6.07) is 16.7. The third-order valence-electron chi connectivity index (χ3n) is 1.49. The van der Waals surface area contributed by atoms with Crippen LogP contribution in [0.3, 0.4) is 0 Å². The van der Waals surface area contributed by atoms with E-state index in [0.29, 0.717) is 0 Å². The molecule has 0 amide bonds. The van der Waals surface area contributed by atoms with Crippen LogP contribution in [0, 0.1) is 0 Å². The lowest BCUT2D eigenvalue weighted by atomic mass is 10.3. The lowest BCUT2D eigenvalue weighted by Crippen LogP contribution is -1.85. The average molecular weight is 202 g/mol. The van der Waals surface area contributed by atoms with E-state index in [9.17, 15) is 10.2 Å². The zero-order chi connectivity index (χ0) is 10.2. The zero-order valence-electron chi connectivity index (χ0n) is 8.00. The molecule has 2 rings (SSSR count). The van der Waals surface area contributed by atoms with E-state index >= 15 is 0 Å². The maximum atomic E-state index is 10.3. The Morgan fingerprint density at radius 3 is 0.933 bits per heavy atom. The Labute approximate surface area is 88.6 Å². The molecular formula is C12H10O3. The number of rotatable bonds is 0. The molecule has 0 fully saturated rings. The van der Waals surface area contributed by atoms with Crippen molar-refractivity contribution in [3.8, 4) is 11.5 Å². The normalized spacial score (nSPS) is 8.00. The molecule has 3 heteroatoms. The van der Waals surface area contributed by atoms with Crippen molar-refractivity contribution in [2.75, 3.05) is 0 Å². The van der Waals surface area contributed by atoms with Gasteiger partial charge in [0, 0.05) is 0 Å². The van der Waals surface area contributed by atoms with Crippen molar-refractivity contribution in [2.45, 2.75) is 0 Å². The molecule has 0 aliphatic carbocycles. The SMILES string of the molecule is [O+2].[O-]c1ccccc1.[O-]c1ccccc1. The fraction of sp³-hybridized carbons (Fsp3) is 0. The van der Waals surface area contributed by atoms with E-state index in [0.717, 1.165) is 0 Å². The van der Waals surface area contributed by atoms with Gasteiger partial charge in [-0.2, -0.15) is 0 Å². The van der Waals surface area contributed by atoms with E-state index in [2.05, 4.69) is 0 Å². The summed E-state index contributed by atoms with van der Waals surface area (Å²) in [5.74, 6) is 0.144. The molecule has 0 heterocycles. The summed E-state index contributed by atoms with van der Waals surface area (Å²) in [5.41, 5.74) is 0. The minimum atomic E-state index is 0. The van der Waals surface area contributed by atoms with Crippen LogP contribution in [-0.4, -0.2) is 0 Å². The van der Waals surface area contributed by atoms with E-state index in [1.54, 1.807) is 24.3 Å². The van der Waals surface area contributed by atoms with Gasteiger partial charge >= 0.3 is 5.48 Å². The second-order valence-electron chi connectivity index (χ2n) is 2.63. The summed E-state index contributed by atoms with van der Waals surface area (Å²) >= 11 is 0. The van der Waals surface area contributed by atoms with Crippen LogP contribution in [0.1, 0.15) is 0 Å². The first-order valence-corrected chi connectivity index (χ1v) is 4.23. The van der Waals surface area contributed by atoms with Crippen LogP contribution < -0.4 is 10.2 Å². The first-order chi connectivity index (χ1) is 6.79. The van der Waals surface area contributed by atoms with Gasteiger partial charge in [-0.25, -0.2) is 0 Å². The molecule has 4 radical (unpaired) electrons. The van der Waals surface area contributed by atoms with Gasteiger partial charge in [0.25, 0.3) is 0 Å². The highest BCUT2D eigenvalue weighted by Crippen LogP contribution is 1.98. The fourth-order valence-corrected chi connectivity index (χ4v) is 0.841. The van der Waals surface area contributed by atoms with Gasteiger partial charge in [0.1, 0.15) is 0 Å². The molecule has 2 aromatic rings. The summed E-state index contributed by atoms with van der Waals surface area (Å²) in [6.07, 6.45) is 0. The molecule has 76 valence electrons. The van der Waals surface area contributed by atoms with Gasteiger partial charge in [-0.15, -0.1) is 11.5 Å². The first kappa shape index (κ1) is 13.0. The molecule has 0 bridgehead atoms. The third kappa shape index (κ3) is 6.12. The molecule has 0 aliphatic rings. The standard InChI is InChI=1S/2C6H6O.O/c2*7-6-4-2-1-3-5-6;/h2*1-5,7H;/q;;+2/p-2. The molecule has 15 heavy (non-hydrogen) atoms. The minimum absolute atomic E-state index is 0. The van der Waals surface area contributed by atoms with Gasteiger partial charge in [0.15, 0.2) is 0 Å². The molecule has 0 aliphatic heterocycles. The van der Waals surface area contributed by atoms with Crippen LogP contribution in [-0.2, 0) is 5.48 Å². The largest absolute Gasteiger partial charge is 2.00 e. The van der Waals surface area contributed by atoms with Gasteiger partial charge in [0.05, 0.1) is 0 Å². The fourth-order valence-electron chi connectivity index (χ4n) is 0.841. The smallest absolute Gasteiger partial charge is 0.872 e. The Hall–Kier alpha value is -2.00. The number of benzene rings is 2. The van der Waals surface area contributed by atoms with E-state index in [1.165, 1.54) is 24.3 Å². The van der Waals surface area contributed by atoms with Crippen molar-refractivity contribution in [3.63, 3.8) is 0 Å². The Morgan fingerprint density at radius 2 is 0.800 bits per heavy atom. The van der Waals surface area contributed by atoms with Crippen LogP contribution in [0.5, 0.6) is 11.5 Å². The zero-order valence-corrected chi connectivity index (χ0v) is 8.00. The third-order valence-corrected chi connectivity index (χ3v) is 1.49. The first-order valence-electron chi connectivity index (χ1n) is 4.23. The van der Waals surface area contributed by atoms with Gasteiger partial charge in [0.2, 0.25) is 0 Å². The molecule has 0 spiro atoms. The van der Waals surface area contributed by atoms with Crippen LogP contribution in [0.4, 0.5) is 0 Å². The van der Waals surface area contributed by atoms with Gasteiger partial charge in [-0.1, -0.05) is 60.7 Å². The summed E-state index contributed by atoms with van der Waals surface area (Å²) in [4.78, 5) is 0. The highest BCUT2D eigenvalue weighted by Gasteiger charge is 2.00.